The second kappa shape index (κ2) is 13.9. The van der Waals surface area contributed by atoms with E-state index in [2.05, 4.69) is 20.2 Å². The number of methoxy groups -OCH3 is 3. The van der Waals surface area contributed by atoms with Gasteiger partial charge in [0.15, 0.2) is 11.5 Å². The van der Waals surface area contributed by atoms with Gasteiger partial charge in [0, 0.05) is 30.6 Å². The van der Waals surface area contributed by atoms with E-state index in [1.54, 1.807) is 61.8 Å². The van der Waals surface area contributed by atoms with Gasteiger partial charge in [-0.05, 0) is 62.6 Å². The molecule has 214 valence electrons. The molecule has 0 saturated carbocycles. The number of nitrogens with one attached hydrogen (secondary N) is 1. The molecular formula is C30H33N5O6. The Kier molecular flexibility index (Phi) is 9.79. The lowest BCUT2D eigenvalue weighted by Gasteiger charge is -2.24. The highest BCUT2D eigenvalue weighted by Gasteiger charge is 2.27. The molecule has 0 radical (unpaired) electrons. The van der Waals surface area contributed by atoms with Crippen molar-refractivity contribution in [3.63, 3.8) is 0 Å². The minimum Gasteiger partial charge on any atom is -0.497 e. The van der Waals surface area contributed by atoms with Crippen LogP contribution in [0.5, 0.6) is 28.7 Å². The maximum absolute atomic E-state index is 13.7. The van der Waals surface area contributed by atoms with Gasteiger partial charge in [-0.25, -0.2) is 14.7 Å². The van der Waals surface area contributed by atoms with E-state index in [0.717, 1.165) is 18.0 Å². The minimum absolute atomic E-state index is 0.245. The SMILES string of the molecule is COc1ccc(N(C(=O)Oc2ccccc2OC)c2ccnc(Nc3ccc(OCCN(C)C)cc3)n2)c(OC)c1. The number of hydrogen-bond donors (Lipinski definition) is 1. The van der Waals surface area contributed by atoms with Gasteiger partial charge in [0.1, 0.15) is 29.7 Å². The Morgan fingerprint density at radius 3 is 2.22 bits per heavy atom. The zero-order valence-corrected chi connectivity index (χ0v) is 23.7. The molecule has 11 nitrogen and oxygen atoms in total. The number of carbonyl (C=O) groups is 1. The van der Waals surface area contributed by atoms with Crippen LogP contribution in [0.1, 0.15) is 0 Å². The van der Waals surface area contributed by atoms with E-state index in [4.69, 9.17) is 23.7 Å². The molecule has 1 N–H and O–H groups in total. The van der Waals surface area contributed by atoms with E-state index >= 15 is 0 Å². The normalized spacial score (nSPS) is 10.6. The number of amides is 1. The van der Waals surface area contributed by atoms with Crippen molar-refractivity contribution < 1.29 is 28.5 Å². The van der Waals surface area contributed by atoms with E-state index in [9.17, 15) is 4.79 Å². The molecule has 0 aliphatic carbocycles. The first-order chi connectivity index (χ1) is 19.9. The lowest BCUT2D eigenvalue weighted by molar-refractivity contribution is 0.208. The van der Waals surface area contributed by atoms with Crippen molar-refractivity contribution in [1.29, 1.82) is 0 Å². The van der Waals surface area contributed by atoms with Crippen LogP contribution in [-0.2, 0) is 0 Å². The van der Waals surface area contributed by atoms with Gasteiger partial charge in [0.2, 0.25) is 5.95 Å². The molecule has 3 aromatic carbocycles. The maximum atomic E-state index is 13.7. The van der Waals surface area contributed by atoms with Crippen LogP contribution in [0, 0.1) is 0 Å². The first kappa shape index (κ1) is 29.0. The van der Waals surface area contributed by atoms with Crippen molar-refractivity contribution in [2.75, 3.05) is 58.8 Å². The van der Waals surface area contributed by atoms with E-state index in [1.807, 2.05) is 38.4 Å². The monoisotopic (exact) mass is 559 g/mol. The predicted molar refractivity (Wildman–Crippen MR) is 157 cm³/mol. The molecule has 0 aliphatic rings. The molecule has 0 bridgehead atoms. The molecule has 0 fully saturated rings. The van der Waals surface area contributed by atoms with Crippen LogP contribution in [-0.4, -0.2) is 69.5 Å². The van der Waals surface area contributed by atoms with Gasteiger partial charge in [-0.1, -0.05) is 12.1 Å². The summed E-state index contributed by atoms with van der Waals surface area (Å²) >= 11 is 0. The zero-order chi connectivity index (χ0) is 29.2. The number of para-hydroxylation sites is 2. The predicted octanol–water partition coefficient (Wildman–Crippen LogP) is 5.52. The molecule has 4 rings (SSSR count). The Morgan fingerprint density at radius 1 is 0.829 bits per heavy atom. The molecule has 11 heteroatoms. The fraction of sp³-hybridized carbons (Fsp3) is 0.233. The van der Waals surface area contributed by atoms with Crippen LogP contribution in [0.3, 0.4) is 0 Å². The standard InChI is InChI=1S/C30H33N5O6/c1-34(2)18-19-40-22-12-10-21(11-13-22)32-29-31-17-16-28(33-29)35(24-15-14-23(37-3)20-27(24)39-5)30(36)41-26-9-7-6-8-25(26)38-4/h6-17,20H,18-19H2,1-5H3,(H,31,32,33). The van der Waals surface area contributed by atoms with Crippen molar-refractivity contribution in [3.8, 4) is 28.7 Å². The third-order valence-electron chi connectivity index (χ3n) is 5.86. The lowest BCUT2D eigenvalue weighted by Crippen LogP contribution is -2.30. The number of rotatable bonds is 12. The Labute approximate surface area is 239 Å². The highest BCUT2D eigenvalue weighted by atomic mass is 16.6. The topological polar surface area (TPSA) is 108 Å². The van der Waals surface area contributed by atoms with Crippen LogP contribution >= 0.6 is 0 Å². The minimum atomic E-state index is -0.734. The Morgan fingerprint density at radius 2 is 1.54 bits per heavy atom. The highest BCUT2D eigenvalue weighted by Crippen LogP contribution is 2.37. The summed E-state index contributed by atoms with van der Waals surface area (Å²) < 4.78 is 27.8. The average Bonchev–Trinajstić information content (AvgIpc) is 2.98. The summed E-state index contributed by atoms with van der Waals surface area (Å²) in [6, 6.07) is 21.0. The van der Waals surface area contributed by atoms with Crippen LogP contribution in [0.25, 0.3) is 0 Å². The molecule has 41 heavy (non-hydrogen) atoms. The molecule has 0 saturated heterocycles. The van der Waals surface area contributed by atoms with Crippen LogP contribution in [0.4, 0.5) is 27.9 Å². The summed E-state index contributed by atoms with van der Waals surface area (Å²) in [6.07, 6.45) is 0.810. The van der Waals surface area contributed by atoms with Gasteiger partial charge in [0.25, 0.3) is 0 Å². The number of anilines is 4. The average molecular weight is 560 g/mol. The molecular weight excluding hydrogens is 526 g/mol. The Bertz CT molecular complexity index is 1450. The quantitative estimate of drug-likeness (QED) is 0.238. The zero-order valence-electron chi connectivity index (χ0n) is 23.7. The summed E-state index contributed by atoms with van der Waals surface area (Å²) in [6.45, 7) is 1.40. The van der Waals surface area contributed by atoms with Gasteiger partial charge in [-0.2, -0.15) is 4.98 Å². The Balaban J connectivity index is 1.64. The van der Waals surface area contributed by atoms with Crippen molar-refractivity contribution in [2.24, 2.45) is 0 Å². The summed E-state index contributed by atoms with van der Waals surface area (Å²) in [7, 11) is 8.54. The first-order valence-electron chi connectivity index (χ1n) is 12.8. The Hall–Kier alpha value is -5.03. The molecule has 1 heterocycles. The molecule has 4 aromatic rings. The number of ether oxygens (including phenoxy) is 5. The molecule has 1 amide bonds. The van der Waals surface area contributed by atoms with Crippen LogP contribution in [0.15, 0.2) is 79.0 Å². The largest absolute Gasteiger partial charge is 0.497 e. The molecule has 0 aliphatic heterocycles. The number of nitrogens with zero attached hydrogens (tertiary/aromatic N) is 4. The van der Waals surface area contributed by atoms with Gasteiger partial charge in [-0.3, -0.25) is 0 Å². The summed E-state index contributed by atoms with van der Waals surface area (Å²) in [5.74, 6) is 2.85. The fourth-order valence-electron chi connectivity index (χ4n) is 3.77. The van der Waals surface area contributed by atoms with Gasteiger partial charge >= 0.3 is 6.09 Å². The first-order valence-corrected chi connectivity index (χ1v) is 12.8. The number of aromatic nitrogens is 2. The number of benzene rings is 3. The van der Waals surface area contributed by atoms with Crippen molar-refractivity contribution >= 4 is 29.2 Å². The van der Waals surface area contributed by atoms with E-state index in [0.29, 0.717) is 29.5 Å². The highest BCUT2D eigenvalue weighted by molar-refractivity contribution is 5.98. The van der Waals surface area contributed by atoms with Gasteiger partial charge < -0.3 is 33.9 Å². The van der Waals surface area contributed by atoms with Crippen molar-refractivity contribution in [1.82, 2.24) is 14.9 Å². The molecule has 0 spiro atoms. The smallest absolute Gasteiger partial charge is 0.425 e. The summed E-state index contributed by atoms with van der Waals surface area (Å²) in [4.78, 5) is 26.0. The third kappa shape index (κ3) is 7.55. The fourth-order valence-corrected chi connectivity index (χ4v) is 3.77. The molecule has 0 unspecified atom stereocenters. The number of likely N-dealkylation sites (N-methyl/N-ethyl adjacent to an activating group) is 1. The van der Waals surface area contributed by atoms with Crippen LogP contribution in [0.2, 0.25) is 0 Å². The van der Waals surface area contributed by atoms with Gasteiger partial charge in [-0.15, -0.1) is 0 Å². The van der Waals surface area contributed by atoms with Crippen LogP contribution < -0.4 is 33.9 Å². The van der Waals surface area contributed by atoms with E-state index in [-0.39, 0.29) is 17.5 Å². The lowest BCUT2D eigenvalue weighted by atomic mass is 10.2. The van der Waals surface area contributed by atoms with Crippen molar-refractivity contribution in [3.05, 3.63) is 79.0 Å². The molecule has 0 atom stereocenters. The number of hydrogen-bond acceptors (Lipinski definition) is 10. The second-order valence-electron chi connectivity index (χ2n) is 8.93. The number of carbonyl (C=O) groups excluding carboxylic acids is 1. The van der Waals surface area contributed by atoms with E-state index in [1.165, 1.54) is 19.1 Å². The third-order valence-corrected chi connectivity index (χ3v) is 5.86. The summed E-state index contributed by atoms with van der Waals surface area (Å²) in [5, 5.41) is 3.17. The second-order valence-corrected chi connectivity index (χ2v) is 8.93. The molecule has 1 aromatic heterocycles. The van der Waals surface area contributed by atoms with E-state index < -0.39 is 6.09 Å². The van der Waals surface area contributed by atoms with Gasteiger partial charge in [0.05, 0.1) is 27.0 Å². The maximum Gasteiger partial charge on any atom is 0.425 e. The summed E-state index contributed by atoms with van der Waals surface area (Å²) in [5.41, 5.74) is 1.13. The van der Waals surface area contributed by atoms with Crippen molar-refractivity contribution in [2.45, 2.75) is 0 Å².